The summed E-state index contributed by atoms with van der Waals surface area (Å²) in [7, 11) is 1.58. The Bertz CT molecular complexity index is 693. The van der Waals surface area contributed by atoms with Gasteiger partial charge in [0, 0.05) is 24.2 Å². The molecule has 0 spiro atoms. The molecule has 1 aliphatic heterocycles. The van der Waals surface area contributed by atoms with Gasteiger partial charge < -0.3 is 15.4 Å². The van der Waals surface area contributed by atoms with Crippen molar-refractivity contribution in [3.63, 3.8) is 0 Å². The third-order valence-electron chi connectivity index (χ3n) is 4.46. The molecule has 2 aromatic rings. The van der Waals surface area contributed by atoms with Crippen molar-refractivity contribution in [2.75, 3.05) is 13.7 Å². The van der Waals surface area contributed by atoms with Gasteiger partial charge in [-0.3, -0.25) is 0 Å². The van der Waals surface area contributed by atoms with Crippen LogP contribution in [0.3, 0.4) is 0 Å². The Labute approximate surface area is 141 Å². The van der Waals surface area contributed by atoms with E-state index in [2.05, 4.69) is 10.6 Å². The molecule has 24 heavy (non-hydrogen) atoms. The maximum Gasteiger partial charge on any atom is 0.123 e. The molecule has 1 aliphatic rings. The number of rotatable bonds is 5. The van der Waals surface area contributed by atoms with Crippen molar-refractivity contribution >= 4 is 0 Å². The van der Waals surface area contributed by atoms with E-state index < -0.39 is 0 Å². The van der Waals surface area contributed by atoms with Crippen LogP contribution in [0.2, 0.25) is 0 Å². The second-order valence-electron chi connectivity index (χ2n) is 6.07. The fraction of sp³-hybridized carbons (Fsp3) is 0.368. The van der Waals surface area contributed by atoms with Gasteiger partial charge in [-0.15, -0.1) is 0 Å². The van der Waals surface area contributed by atoms with Crippen molar-refractivity contribution in [3.05, 3.63) is 65.2 Å². The van der Waals surface area contributed by atoms with Crippen molar-refractivity contribution in [1.82, 2.24) is 10.6 Å². The largest absolute Gasteiger partial charge is 0.496 e. The number of hydrogen-bond donors (Lipinski definition) is 2. The molecule has 1 fully saturated rings. The van der Waals surface area contributed by atoms with Crippen LogP contribution >= 0.6 is 0 Å². The number of benzene rings is 2. The van der Waals surface area contributed by atoms with Gasteiger partial charge in [0.25, 0.3) is 0 Å². The van der Waals surface area contributed by atoms with E-state index in [1.54, 1.807) is 25.3 Å². The number of nitrogens with one attached hydrogen (secondary N) is 2. The van der Waals surface area contributed by atoms with Crippen LogP contribution in [0.4, 0.5) is 8.78 Å². The molecule has 2 unspecified atom stereocenters. The molecule has 2 atom stereocenters. The Morgan fingerprint density at radius 3 is 2.79 bits per heavy atom. The molecule has 2 aromatic carbocycles. The first-order valence-corrected chi connectivity index (χ1v) is 8.22. The zero-order valence-corrected chi connectivity index (χ0v) is 13.7. The summed E-state index contributed by atoms with van der Waals surface area (Å²) in [5.41, 5.74) is 1.71. The summed E-state index contributed by atoms with van der Waals surface area (Å²) in [6, 6.07) is 11.4. The molecule has 0 aromatic heterocycles. The second-order valence-corrected chi connectivity index (χ2v) is 6.07. The highest BCUT2D eigenvalue weighted by molar-refractivity contribution is 5.34. The molecule has 0 amide bonds. The van der Waals surface area contributed by atoms with Crippen molar-refractivity contribution in [2.45, 2.75) is 31.5 Å². The SMILES string of the molecule is COc1ccc(F)cc1CNC1CCCNC1c1cccc(F)c1. The predicted molar refractivity (Wildman–Crippen MR) is 90.0 cm³/mol. The first-order chi connectivity index (χ1) is 11.7. The highest BCUT2D eigenvalue weighted by atomic mass is 19.1. The van der Waals surface area contributed by atoms with Gasteiger partial charge in [-0.25, -0.2) is 8.78 Å². The third kappa shape index (κ3) is 3.91. The maximum absolute atomic E-state index is 13.5. The molecule has 0 bridgehead atoms. The minimum absolute atomic E-state index is 0.0361. The lowest BCUT2D eigenvalue weighted by Gasteiger charge is -2.34. The van der Waals surface area contributed by atoms with Crippen LogP contribution in [0.25, 0.3) is 0 Å². The smallest absolute Gasteiger partial charge is 0.123 e. The summed E-state index contributed by atoms with van der Waals surface area (Å²) in [5.74, 6) is 0.149. The normalized spacial score (nSPS) is 20.8. The Balaban J connectivity index is 1.74. The molecule has 1 saturated heterocycles. The topological polar surface area (TPSA) is 33.3 Å². The summed E-state index contributed by atoms with van der Waals surface area (Å²) in [6.07, 6.45) is 2.02. The molecular formula is C19H22F2N2O. The van der Waals surface area contributed by atoms with E-state index in [0.29, 0.717) is 12.3 Å². The molecule has 128 valence electrons. The number of hydrogen-bond acceptors (Lipinski definition) is 3. The van der Waals surface area contributed by atoms with Crippen molar-refractivity contribution in [3.8, 4) is 5.75 Å². The van der Waals surface area contributed by atoms with Gasteiger partial charge in [-0.05, 0) is 55.3 Å². The van der Waals surface area contributed by atoms with Crippen molar-refractivity contribution in [1.29, 1.82) is 0 Å². The van der Waals surface area contributed by atoms with Gasteiger partial charge in [0.2, 0.25) is 0 Å². The summed E-state index contributed by atoms with van der Waals surface area (Å²) in [4.78, 5) is 0. The first kappa shape index (κ1) is 16.9. The Hall–Kier alpha value is -1.98. The number of piperidine rings is 1. The Morgan fingerprint density at radius 2 is 2.00 bits per heavy atom. The first-order valence-electron chi connectivity index (χ1n) is 8.22. The highest BCUT2D eigenvalue weighted by Gasteiger charge is 2.26. The molecule has 1 heterocycles. The summed E-state index contributed by atoms with van der Waals surface area (Å²) in [5, 5.41) is 6.93. The van der Waals surface area contributed by atoms with Gasteiger partial charge in [0.05, 0.1) is 7.11 Å². The zero-order valence-electron chi connectivity index (χ0n) is 13.7. The van der Waals surface area contributed by atoms with E-state index in [-0.39, 0.29) is 23.7 Å². The fourth-order valence-electron chi connectivity index (χ4n) is 3.28. The van der Waals surface area contributed by atoms with Crippen molar-refractivity contribution < 1.29 is 13.5 Å². The molecule has 0 saturated carbocycles. The molecule has 5 heteroatoms. The predicted octanol–water partition coefficient (Wildman–Crippen LogP) is 3.56. The molecule has 0 radical (unpaired) electrons. The van der Waals surface area contributed by atoms with Gasteiger partial charge in [-0.1, -0.05) is 12.1 Å². The van der Waals surface area contributed by atoms with Crippen LogP contribution in [0, 0.1) is 11.6 Å². The van der Waals surface area contributed by atoms with Crippen LogP contribution in [-0.2, 0) is 6.54 Å². The average molecular weight is 332 g/mol. The molecule has 2 N–H and O–H groups in total. The standard InChI is InChI=1S/C19H22F2N2O/c1-24-18-8-7-16(21)11-14(18)12-23-17-6-3-9-22-19(17)13-4-2-5-15(20)10-13/h2,4-5,7-8,10-11,17,19,22-23H,3,6,9,12H2,1H3. The van der Waals surface area contributed by atoms with E-state index in [1.165, 1.54) is 18.2 Å². The zero-order chi connectivity index (χ0) is 16.9. The Kier molecular flexibility index (Phi) is 5.43. The number of halogens is 2. The van der Waals surface area contributed by atoms with Gasteiger partial charge in [0.15, 0.2) is 0 Å². The minimum Gasteiger partial charge on any atom is -0.496 e. The van der Waals surface area contributed by atoms with Gasteiger partial charge >= 0.3 is 0 Å². The van der Waals surface area contributed by atoms with Crippen LogP contribution in [0.5, 0.6) is 5.75 Å². The van der Waals surface area contributed by atoms with Crippen LogP contribution < -0.4 is 15.4 Å². The lowest BCUT2D eigenvalue weighted by molar-refractivity contribution is 0.302. The quantitative estimate of drug-likeness (QED) is 0.878. The second kappa shape index (κ2) is 7.73. The van der Waals surface area contributed by atoms with E-state index in [9.17, 15) is 8.78 Å². The van der Waals surface area contributed by atoms with Crippen LogP contribution in [0.15, 0.2) is 42.5 Å². The molecular weight excluding hydrogens is 310 g/mol. The van der Waals surface area contributed by atoms with E-state index in [4.69, 9.17) is 4.74 Å². The average Bonchev–Trinajstić information content (AvgIpc) is 2.60. The summed E-state index contributed by atoms with van der Waals surface area (Å²) in [6.45, 7) is 1.40. The lowest BCUT2D eigenvalue weighted by atomic mass is 9.92. The van der Waals surface area contributed by atoms with E-state index in [0.717, 1.165) is 30.5 Å². The van der Waals surface area contributed by atoms with Crippen molar-refractivity contribution in [2.24, 2.45) is 0 Å². The molecule has 3 rings (SSSR count). The van der Waals surface area contributed by atoms with Crippen LogP contribution in [0.1, 0.15) is 30.0 Å². The fourth-order valence-corrected chi connectivity index (χ4v) is 3.28. The monoisotopic (exact) mass is 332 g/mol. The highest BCUT2D eigenvalue weighted by Crippen LogP contribution is 2.26. The van der Waals surface area contributed by atoms with Crippen LogP contribution in [-0.4, -0.2) is 19.7 Å². The molecule has 3 nitrogen and oxygen atoms in total. The van der Waals surface area contributed by atoms with Gasteiger partial charge in [-0.2, -0.15) is 0 Å². The molecule has 0 aliphatic carbocycles. The lowest BCUT2D eigenvalue weighted by Crippen LogP contribution is -2.45. The number of ether oxygens (including phenoxy) is 1. The van der Waals surface area contributed by atoms with Gasteiger partial charge in [0.1, 0.15) is 17.4 Å². The minimum atomic E-state index is -0.281. The number of methoxy groups -OCH3 is 1. The third-order valence-corrected chi connectivity index (χ3v) is 4.46. The Morgan fingerprint density at radius 1 is 1.17 bits per heavy atom. The van der Waals surface area contributed by atoms with E-state index in [1.807, 2.05) is 6.07 Å². The maximum atomic E-state index is 13.5. The van der Waals surface area contributed by atoms with E-state index >= 15 is 0 Å². The summed E-state index contributed by atoms with van der Waals surface area (Å²) >= 11 is 0. The summed E-state index contributed by atoms with van der Waals surface area (Å²) < 4.78 is 32.3.